The number of thioether (sulfide) groups is 1. The highest BCUT2D eigenvalue weighted by molar-refractivity contribution is 7.98. The monoisotopic (exact) mass is 328 g/mol. The second-order valence-electron chi connectivity index (χ2n) is 5.39. The molecule has 0 aromatic heterocycles. The molecule has 2 aromatic rings. The normalized spacial score (nSPS) is 12.1. The van der Waals surface area contributed by atoms with Crippen molar-refractivity contribution in [2.75, 3.05) is 19.1 Å². The van der Waals surface area contributed by atoms with E-state index in [1.807, 2.05) is 67.7 Å². The molecule has 0 radical (unpaired) electrons. The average molecular weight is 328 g/mol. The van der Waals surface area contributed by atoms with Gasteiger partial charge >= 0.3 is 0 Å². The van der Waals surface area contributed by atoms with Crippen LogP contribution in [-0.4, -0.2) is 31.0 Å². The Morgan fingerprint density at radius 2 is 1.52 bits per heavy atom. The Hall–Kier alpha value is -1.78. The highest BCUT2D eigenvalue weighted by atomic mass is 32.2. The molecule has 23 heavy (non-hydrogen) atoms. The summed E-state index contributed by atoms with van der Waals surface area (Å²) in [6, 6.07) is 19.9. The first-order valence-corrected chi connectivity index (χ1v) is 9.22. The van der Waals surface area contributed by atoms with E-state index in [1.165, 1.54) is 0 Å². The Balaban J connectivity index is 2.20. The molecule has 0 aliphatic rings. The third-order valence-corrected chi connectivity index (χ3v) is 4.47. The molecule has 0 saturated carbocycles. The SMILES string of the molecule is CN[C@@H](CCSC)C(=O)NC(c1ccccc1)c1ccccc1. The molecule has 0 heterocycles. The summed E-state index contributed by atoms with van der Waals surface area (Å²) in [5.74, 6) is 1.000. The average Bonchev–Trinajstić information content (AvgIpc) is 2.62. The maximum Gasteiger partial charge on any atom is 0.237 e. The van der Waals surface area contributed by atoms with Crippen molar-refractivity contribution in [2.45, 2.75) is 18.5 Å². The minimum absolute atomic E-state index is 0.0410. The van der Waals surface area contributed by atoms with Gasteiger partial charge in [0, 0.05) is 0 Å². The Morgan fingerprint density at radius 3 is 1.96 bits per heavy atom. The standard InChI is InChI=1S/C19H24N2OS/c1-20-17(13-14-23-2)19(22)21-18(15-9-5-3-6-10-15)16-11-7-4-8-12-16/h3-12,17-18,20H,13-14H2,1-2H3,(H,21,22)/t17-/m0/s1. The van der Waals surface area contributed by atoms with Crippen LogP contribution in [0.15, 0.2) is 60.7 Å². The first-order chi connectivity index (χ1) is 11.3. The molecule has 2 aromatic carbocycles. The van der Waals surface area contributed by atoms with Crippen molar-refractivity contribution in [3.63, 3.8) is 0 Å². The van der Waals surface area contributed by atoms with E-state index in [1.54, 1.807) is 11.8 Å². The van der Waals surface area contributed by atoms with Crippen molar-refractivity contribution >= 4 is 17.7 Å². The highest BCUT2D eigenvalue weighted by Gasteiger charge is 2.21. The van der Waals surface area contributed by atoms with Gasteiger partial charge in [-0.25, -0.2) is 0 Å². The minimum Gasteiger partial charge on any atom is -0.344 e. The molecule has 4 heteroatoms. The molecular weight excluding hydrogens is 304 g/mol. The quantitative estimate of drug-likeness (QED) is 0.782. The van der Waals surface area contributed by atoms with E-state index in [2.05, 4.69) is 16.9 Å². The lowest BCUT2D eigenvalue weighted by Crippen LogP contribution is -2.44. The van der Waals surface area contributed by atoms with Gasteiger partial charge in [-0.1, -0.05) is 60.7 Å². The number of hydrogen-bond donors (Lipinski definition) is 2. The Kier molecular flexibility index (Phi) is 7.17. The van der Waals surface area contributed by atoms with Gasteiger partial charge < -0.3 is 10.6 Å². The Labute approximate surface area is 142 Å². The summed E-state index contributed by atoms with van der Waals surface area (Å²) in [6.45, 7) is 0. The van der Waals surface area contributed by atoms with Gasteiger partial charge in [-0.2, -0.15) is 11.8 Å². The summed E-state index contributed by atoms with van der Waals surface area (Å²) in [5.41, 5.74) is 2.18. The van der Waals surface area contributed by atoms with E-state index in [4.69, 9.17) is 0 Å². The summed E-state index contributed by atoms with van der Waals surface area (Å²) < 4.78 is 0. The van der Waals surface area contributed by atoms with Crippen molar-refractivity contribution < 1.29 is 4.79 Å². The molecule has 0 unspecified atom stereocenters. The van der Waals surface area contributed by atoms with Crippen LogP contribution >= 0.6 is 11.8 Å². The summed E-state index contributed by atoms with van der Waals surface area (Å²) >= 11 is 1.75. The molecule has 122 valence electrons. The van der Waals surface area contributed by atoms with Crippen molar-refractivity contribution in [3.8, 4) is 0 Å². The van der Waals surface area contributed by atoms with Gasteiger partial charge in [-0.3, -0.25) is 4.79 Å². The van der Waals surface area contributed by atoms with Gasteiger partial charge in [0.2, 0.25) is 5.91 Å². The van der Waals surface area contributed by atoms with E-state index in [-0.39, 0.29) is 18.0 Å². The van der Waals surface area contributed by atoms with Crippen LogP contribution in [-0.2, 0) is 4.79 Å². The van der Waals surface area contributed by atoms with Crippen molar-refractivity contribution in [2.24, 2.45) is 0 Å². The molecule has 0 spiro atoms. The molecule has 2 rings (SSSR count). The van der Waals surface area contributed by atoms with Gasteiger partial charge in [-0.15, -0.1) is 0 Å². The highest BCUT2D eigenvalue weighted by Crippen LogP contribution is 2.22. The molecule has 0 aliphatic carbocycles. The number of nitrogens with one attached hydrogen (secondary N) is 2. The zero-order chi connectivity index (χ0) is 16.5. The summed E-state index contributed by atoms with van der Waals surface area (Å²) in [5, 5.41) is 6.32. The smallest absolute Gasteiger partial charge is 0.237 e. The molecule has 1 amide bonds. The first-order valence-electron chi connectivity index (χ1n) is 7.82. The third kappa shape index (κ3) is 5.12. The second-order valence-corrected chi connectivity index (χ2v) is 6.37. The fourth-order valence-electron chi connectivity index (χ4n) is 2.54. The van der Waals surface area contributed by atoms with Gasteiger partial charge in [0.1, 0.15) is 0 Å². The first kappa shape index (κ1) is 17.6. The Morgan fingerprint density at radius 1 is 1.00 bits per heavy atom. The number of hydrogen-bond acceptors (Lipinski definition) is 3. The van der Waals surface area contributed by atoms with E-state index in [9.17, 15) is 4.79 Å². The van der Waals surface area contributed by atoms with Crippen molar-refractivity contribution in [3.05, 3.63) is 71.8 Å². The van der Waals surface area contributed by atoms with Crippen LogP contribution in [0.4, 0.5) is 0 Å². The number of carbonyl (C=O) groups excluding carboxylic acids is 1. The molecular formula is C19H24N2OS. The van der Waals surface area contributed by atoms with E-state index in [0.29, 0.717) is 0 Å². The van der Waals surface area contributed by atoms with Gasteiger partial charge in [0.05, 0.1) is 12.1 Å². The van der Waals surface area contributed by atoms with Crippen LogP contribution in [0.3, 0.4) is 0 Å². The molecule has 3 nitrogen and oxygen atoms in total. The van der Waals surface area contributed by atoms with E-state index >= 15 is 0 Å². The molecule has 0 aliphatic heterocycles. The fourth-order valence-corrected chi connectivity index (χ4v) is 3.01. The number of carbonyl (C=O) groups is 1. The maximum absolute atomic E-state index is 12.7. The zero-order valence-corrected chi connectivity index (χ0v) is 14.5. The van der Waals surface area contributed by atoms with Crippen LogP contribution in [0.5, 0.6) is 0 Å². The molecule has 0 bridgehead atoms. The van der Waals surface area contributed by atoms with Gasteiger partial charge in [-0.05, 0) is 36.6 Å². The maximum atomic E-state index is 12.7. The van der Waals surface area contributed by atoms with Gasteiger partial charge in [0.25, 0.3) is 0 Å². The number of amides is 1. The second kappa shape index (κ2) is 9.38. The van der Waals surface area contributed by atoms with Gasteiger partial charge in [0.15, 0.2) is 0 Å². The minimum atomic E-state index is -0.169. The molecule has 2 N–H and O–H groups in total. The van der Waals surface area contributed by atoms with Crippen LogP contribution < -0.4 is 10.6 Å². The van der Waals surface area contributed by atoms with E-state index in [0.717, 1.165) is 23.3 Å². The zero-order valence-electron chi connectivity index (χ0n) is 13.7. The van der Waals surface area contributed by atoms with Crippen molar-refractivity contribution in [1.82, 2.24) is 10.6 Å². The molecule has 1 atom stereocenters. The lowest BCUT2D eigenvalue weighted by atomic mass is 9.98. The summed E-state index contributed by atoms with van der Waals surface area (Å²) in [6.07, 6.45) is 2.88. The predicted molar refractivity (Wildman–Crippen MR) is 98.7 cm³/mol. The number of benzene rings is 2. The van der Waals surface area contributed by atoms with E-state index < -0.39 is 0 Å². The van der Waals surface area contributed by atoms with Crippen LogP contribution in [0, 0.1) is 0 Å². The molecule has 0 saturated heterocycles. The summed E-state index contributed by atoms with van der Waals surface area (Å²) in [7, 11) is 1.84. The number of likely N-dealkylation sites (N-methyl/N-ethyl adjacent to an activating group) is 1. The van der Waals surface area contributed by atoms with Crippen LogP contribution in [0.2, 0.25) is 0 Å². The fraction of sp³-hybridized carbons (Fsp3) is 0.316. The van der Waals surface area contributed by atoms with Crippen molar-refractivity contribution in [1.29, 1.82) is 0 Å². The van der Waals surface area contributed by atoms with Crippen LogP contribution in [0.25, 0.3) is 0 Å². The predicted octanol–water partition coefficient (Wildman–Crippen LogP) is 3.23. The Bertz CT molecular complexity index is 549. The molecule has 0 fully saturated rings. The largest absolute Gasteiger partial charge is 0.344 e. The lowest BCUT2D eigenvalue weighted by Gasteiger charge is -2.23. The lowest BCUT2D eigenvalue weighted by molar-refractivity contribution is -0.123. The van der Waals surface area contributed by atoms with Crippen LogP contribution in [0.1, 0.15) is 23.6 Å². The number of rotatable bonds is 8. The topological polar surface area (TPSA) is 41.1 Å². The summed E-state index contributed by atoms with van der Waals surface area (Å²) in [4.78, 5) is 12.7. The third-order valence-electron chi connectivity index (χ3n) is 3.83.